The van der Waals surface area contributed by atoms with Crippen molar-refractivity contribution in [2.24, 2.45) is 10.9 Å². The van der Waals surface area contributed by atoms with Crippen LogP contribution in [0.3, 0.4) is 0 Å². The third kappa shape index (κ3) is 2.49. The van der Waals surface area contributed by atoms with Crippen LogP contribution in [0.4, 0.5) is 0 Å². The molecule has 1 amide bonds. The van der Waals surface area contributed by atoms with E-state index in [1.807, 2.05) is 11.9 Å². The highest BCUT2D eigenvalue weighted by Crippen LogP contribution is 2.37. The highest BCUT2D eigenvalue weighted by Gasteiger charge is 2.47. The molecule has 0 spiro atoms. The van der Waals surface area contributed by atoms with Gasteiger partial charge in [-0.25, -0.2) is 8.42 Å². The van der Waals surface area contributed by atoms with E-state index in [2.05, 4.69) is 4.99 Å². The van der Waals surface area contributed by atoms with Crippen LogP contribution in [0.5, 0.6) is 0 Å². The molecule has 96 valence electrons. The van der Waals surface area contributed by atoms with Crippen LogP contribution in [-0.4, -0.2) is 54.2 Å². The molecule has 0 aliphatic carbocycles. The normalized spacial score (nSPS) is 33.4. The van der Waals surface area contributed by atoms with Crippen LogP contribution in [0.2, 0.25) is 0 Å². The Morgan fingerprint density at radius 2 is 2.12 bits per heavy atom. The molecule has 2 rings (SSSR count). The predicted octanol–water partition coefficient (Wildman–Crippen LogP) is 0.369. The second-order valence-corrected chi connectivity index (χ2v) is 8.16. The van der Waals surface area contributed by atoms with E-state index in [0.717, 1.165) is 0 Å². The Bertz CT molecular complexity index is 470. The first-order valence-corrected chi connectivity index (χ1v) is 8.23. The number of carbonyl (C=O) groups is 1. The molecule has 0 bridgehead atoms. The number of thioether (sulfide) groups is 1. The number of nitrogens with zero attached hydrogens (tertiary/aromatic N) is 2. The Labute approximate surface area is 106 Å². The van der Waals surface area contributed by atoms with Gasteiger partial charge in [0, 0.05) is 18.2 Å². The largest absolute Gasteiger partial charge is 0.349 e. The maximum atomic E-state index is 11.5. The summed E-state index contributed by atoms with van der Waals surface area (Å²) in [6.07, 6.45) is 0. The molecule has 2 fully saturated rings. The van der Waals surface area contributed by atoms with Crippen LogP contribution in [0.1, 0.15) is 13.8 Å². The van der Waals surface area contributed by atoms with Gasteiger partial charge in [0.1, 0.15) is 0 Å². The van der Waals surface area contributed by atoms with Crippen molar-refractivity contribution in [1.82, 2.24) is 4.90 Å². The number of hydrogen-bond donors (Lipinski definition) is 0. The number of hydrogen-bond acceptors (Lipinski definition) is 4. The third-order valence-corrected chi connectivity index (χ3v) is 6.33. The van der Waals surface area contributed by atoms with Gasteiger partial charge >= 0.3 is 0 Å². The molecule has 0 unspecified atom stereocenters. The molecule has 2 aliphatic heterocycles. The van der Waals surface area contributed by atoms with Crippen molar-refractivity contribution in [2.45, 2.75) is 25.1 Å². The maximum Gasteiger partial charge on any atom is 0.250 e. The van der Waals surface area contributed by atoms with Gasteiger partial charge in [-0.2, -0.15) is 4.99 Å². The van der Waals surface area contributed by atoms with E-state index in [1.165, 1.54) is 11.8 Å². The zero-order valence-electron chi connectivity index (χ0n) is 10.1. The second kappa shape index (κ2) is 4.28. The maximum absolute atomic E-state index is 11.5. The van der Waals surface area contributed by atoms with Crippen LogP contribution in [0, 0.1) is 5.92 Å². The van der Waals surface area contributed by atoms with E-state index in [0.29, 0.717) is 5.17 Å². The van der Waals surface area contributed by atoms with Gasteiger partial charge in [0.25, 0.3) is 5.91 Å². The molecule has 2 saturated heterocycles. The molecule has 0 aromatic rings. The lowest BCUT2D eigenvalue weighted by molar-refractivity contribution is -0.120. The van der Waals surface area contributed by atoms with Crippen molar-refractivity contribution in [2.75, 3.05) is 18.6 Å². The molecule has 5 nitrogen and oxygen atoms in total. The molecule has 0 saturated carbocycles. The highest BCUT2D eigenvalue weighted by molar-refractivity contribution is 8.15. The average Bonchev–Trinajstić information content (AvgIpc) is 2.62. The summed E-state index contributed by atoms with van der Waals surface area (Å²) in [5, 5.41) is 0.692. The standard InChI is InChI=1S/C10H16N2O3S2/c1-6(2)9(13)11-10-12(3)7-4-17(14,15)5-8(7)16-10/h6-8H,4-5H2,1-3H3/t7-,8+/m0/s1. The molecule has 2 atom stereocenters. The number of fused-ring (bicyclic) bond motifs is 1. The first kappa shape index (κ1) is 12.9. The van der Waals surface area contributed by atoms with Crippen LogP contribution < -0.4 is 0 Å². The zero-order valence-corrected chi connectivity index (χ0v) is 11.7. The van der Waals surface area contributed by atoms with Crippen LogP contribution in [0.25, 0.3) is 0 Å². The first-order chi connectivity index (χ1) is 7.80. The lowest BCUT2D eigenvalue weighted by atomic mass is 10.2. The van der Waals surface area contributed by atoms with Crippen molar-refractivity contribution >= 4 is 32.7 Å². The van der Waals surface area contributed by atoms with Crippen molar-refractivity contribution in [3.05, 3.63) is 0 Å². The van der Waals surface area contributed by atoms with Gasteiger partial charge in [0.2, 0.25) is 0 Å². The molecule has 0 aromatic heterocycles. The monoisotopic (exact) mass is 276 g/mol. The average molecular weight is 276 g/mol. The van der Waals surface area contributed by atoms with E-state index in [-0.39, 0.29) is 34.6 Å². The number of aliphatic imine (C=N–C) groups is 1. The minimum Gasteiger partial charge on any atom is -0.349 e. The predicted molar refractivity (Wildman–Crippen MR) is 68.9 cm³/mol. The molecular weight excluding hydrogens is 260 g/mol. The summed E-state index contributed by atoms with van der Waals surface area (Å²) in [4.78, 5) is 17.4. The van der Waals surface area contributed by atoms with Crippen molar-refractivity contribution in [3.8, 4) is 0 Å². The van der Waals surface area contributed by atoms with E-state index < -0.39 is 9.84 Å². The Hall–Kier alpha value is -0.560. The number of amides is 1. The van der Waals surface area contributed by atoms with Crippen molar-refractivity contribution < 1.29 is 13.2 Å². The molecular formula is C10H16N2O3S2. The minimum atomic E-state index is -2.91. The van der Waals surface area contributed by atoms with Crippen LogP contribution in [-0.2, 0) is 14.6 Å². The van der Waals surface area contributed by atoms with E-state index in [1.54, 1.807) is 13.8 Å². The lowest BCUT2D eigenvalue weighted by Crippen LogP contribution is -2.34. The Morgan fingerprint density at radius 1 is 1.47 bits per heavy atom. The zero-order chi connectivity index (χ0) is 12.8. The molecule has 0 N–H and O–H groups in total. The van der Waals surface area contributed by atoms with Gasteiger partial charge in [-0.15, -0.1) is 0 Å². The topological polar surface area (TPSA) is 66.8 Å². The Morgan fingerprint density at radius 3 is 2.65 bits per heavy atom. The SMILES string of the molecule is CC(C)C(=O)N=C1S[C@@H]2CS(=O)(=O)C[C@@H]2N1C. The van der Waals surface area contributed by atoms with Crippen molar-refractivity contribution in [3.63, 3.8) is 0 Å². The summed E-state index contributed by atoms with van der Waals surface area (Å²) in [6, 6.07) is -0.0243. The first-order valence-electron chi connectivity index (χ1n) is 5.52. The number of carbonyl (C=O) groups excluding carboxylic acids is 1. The van der Waals surface area contributed by atoms with Gasteiger partial charge < -0.3 is 4.90 Å². The van der Waals surface area contributed by atoms with Gasteiger partial charge in [0.15, 0.2) is 15.0 Å². The van der Waals surface area contributed by atoms with Gasteiger partial charge in [0.05, 0.1) is 17.5 Å². The quantitative estimate of drug-likeness (QED) is 0.692. The second-order valence-electron chi connectivity index (χ2n) is 4.80. The summed E-state index contributed by atoms with van der Waals surface area (Å²) in [6.45, 7) is 3.61. The number of rotatable bonds is 1. The molecule has 0 aromatic carbocycles. The fraction of sp³-hybridized carbons (Fsp3) is 0.800. The fourth-order valence-electron chi connectivity index (χ4n) is 1.96. The van der Waals surface area contributed by atoms with E-state index in [9.17, 15) is 13.2 Å². The Kier molecular flexibility index (Phi) is 3.24. The van der Waals surface area contributed by atoms with Crippen LogP contribution >= 0.6 is 11.8 Å². The molecule has 2 aliphatic rings. The highest BCUT2D eigenvalue weighted by atomic mass is 32.2. The summed E-state index contributed by atoms with van der Waals surface area (Å²) < 4.78 is 23.0. The molecule has 7 heteroatoms. The number of amidine groups is 1. The van der Waals surface area contributed by atoms with Crippen LogP contribution in [0.15, 0.2) is 4.99 Å². The molecule has 2 heterocycles. The van der Waals surface area contributed by atoms with E-state index >= 15 is 0 Å². The summed E-state index contributed by atoms with van der Waals surface area (Å²) in [7, 11) is -1.10. The Balaban J connectivity index is 2.16. The van der Waals surface area contributed by atoms with Crippen molar-refractivity contribution in [1.29, 1.82) is 0 Å². The number of sulfone groups is 1. The summed E-state index contributed by atoms with van der Waals surface area (Å²) in [5.41, 5.74) is 0. The minimum absolute atomic E-state index is 0.0243. The lowest BCUT2D eigenvalue weighted by Gasteiger charge is -2.18. The van der Waals surface area contributed by atoms with E-state index in [4.69, 9.17) is 0 Å². The molecule has 17 heavy (non-hydrogen) atoms. The van der Waals surface area contributed by atoms with Gasteiger partial charge in [-0.3, -0.25) is 4.79 Å². The molecule has 0 radical (unpaired) electrons. The summed E-state index contributed by atoms with van der Waals surface area (Å²) in [5.74, 6) is 0.0975. The summed E-state index contributed by atoms with van der Waals surface area (Å²) >= 11 is 1.41. The third-order valence-electron chi connectivity index (χ3n) is 3.03. The smallest absolute Gasteiger partial charge is 0.250 e. The van der Waals surface area contributed by atoms with Gasteiger partial charge in [-0.05, 0) is 0 Å². The van der Waals surface area contributed by atoms with Gasteiger partial charge in [-0.1, -0.05) is 25.6 Å². The fourth-order valence-corrected chi connectivity index (χ4v) is 5.96.